The molecule has 0 saturated carbocycles. The summed E-state index contributed by atoms with van der Waals surface area (Å²) in [6.07, 6.45) is 0.456. The van der Waals surface area contributed by atoms with Crippen molar-refractivity contribution in [1.29, 1.82) is 0 Å². The molecule has 0 radical (unpaired) electrons. The number of hydrogen-bond donors (Lipinski definition) is 0. The second-order valence-corrected chi connectivity index (χ2v) is 5.31. The third-order valence-corrected chi connectivity index (χ3v) is 4.04. The Kier molecular flexibility index (Phi) is 4.65. The lowest BCUT2D eigenvalue weighted by Gasteiger charge is -2.27. The average Bonchev–Trinajstić information content (AvgIpc) is 2.46. The number of amides is 1. The van der Waals surface area contributed by atoms with E-state index in [4.69, 9.17) is 9.47 Å². The maximum atomic E-state index is 12.3. The number of rotatable bonds is 3. The largest absolute Gasteiger partial charge is 0.496 e. The summed E-state index contributed by atoms with van der Waals surface area (Å²) in [5.41, 5.74) is 4.45. The van der Waals surface area contributed by atoms with E-state index in [0.29, 0.717) is 32.7 Å². The van der Waals surface area contributed by atoms with Crippen molar-refractivity contribution < 1.29 is 14.3 Å². The van der Waals surface area contributed by atoms with Crippen molar-refractivity contribution in [1.82, 2.24) is 4.90 Å². The van der Waals surface area contributed by atoms with Gasteiger partial charge in [0.25, 0.3) is 0 Å². The quantitative estimate of drug-likeness (QED) is 0.848. The lowest BCUT2D eigenvalue weighted by atomic mass is 9.96. The summed E-state index contributed by atoms with van der Waals surface area (Å²) in [5.74, 6) is 1.10. The Balaban J connectivity index is 2.19. The van der Waals surface area contributed by atoms with Gasteiger partial charge in [0, 0.05) is 13.1 Å². The Morgan fingerprint density at radius 3 is 2.50 bits per heavy atom. The molecular formula is C16H23NO3. The highest BCUT2D eigenvalue weighted by Crippen LogP contribution is 2.29. The molecule has 20 heavy (non-hydrogen) atoms. The Labute approximate surface area is 120 Å². The molecule has 110 valence electrons. The van der Waals surface area contributed by atoms with Crippen LogP contribution in [0.5, 0.6) is 5.75 Å². The first-order valence-corrected chi connectivity index (χ1v) is 7.03. The minimum absolute atomic E-state index is 0.181. The van der Waals surface area contributed by atoms with Crippen molar-refractivity contribution in [3.05, 3.63) is 28.3 Å². The molecule has 1 amide bonds. The number of ether oxygens (including phenoxy) is 2. The maximum Gasteiger partial charge on any atom is 0.227 e. The normalized spacial score (nSPS) is 15.3. The van der Waals surface area contributed by atoms with E-state index in [2.05, 4.69) is 13.0 Å². The number of carbonyl (C=O) groups excluding carboxylic acids is 1. The second-order valence-electron chi connectivity index (χ2n) is 5.31. The number of hydrogen-bond acceptors (Lipinski definition) is 3. The van der Waals surface area contributed by atoms with E-state index < -0.39 is 0 Å². The zero-order chi connectivity index (χ0) is 14.7. The molecule has 1 heterocycles. The van der Waals surface area contributed by atoms with Crippen LogP contribution in [-0.4, -0.2) is 44.2 Å². The first-order valence-electron chi connectivity index (χ1n) is 7.03. The summed E-state index contributed by atoms with van der Waals surface area (Å²) in [6.45, 7) is 8.81. The molecule has 4 nitrogen and oxygen atoms in total. The van der Waals surface area contributed by atoms with Crippen LogP contribution >= 0.6 is 0 Å². The Bertz CT molecular complexity index is 505. The van der Waals surface area contributed by atoms with Crippen molar-refractivity contribution in [2.45, 2.75) is 27.2 Å². The molecule has 4 heteroatoms. The van der Waals surface area contributed by atoms with E-state index >= 15 is 0 Å². The highest BCUT2D eigenvalue weighted by Gasteiger charge is 2.19. The van der Waals surface area contributed by atoms with Crippen LogP contribution in [0.1, 0.15) is 22.3 Å². The van der Waals surface area contributed by atoms with Crippen LogP contribution in [0.15, 0.2) is 6.07 Å². The van der Waals surface area contributed by atoms with Gasteiger partial charge in [0.05, 0.1) is 26.7 Å². The highest BCUT2D eigenvalue weighted by atomic mass is 16.5. The predicted molar refractivity (Wildman–Crippen MR) is 78.3 cm³/mol. The number of morpholine rings is 1. The second kappa shape index (κ2) is 6.27. The van der Waals surface area contributed by atoms with Gasteiger partial charge in [-0.05, 0) is 43.0 Å². The lowest BCUT2D eigenvalue weighted by molar-refractivity contribution is -0.134. The van der Waals surface area contributed by atoms with Gasteiger partial charge in [-0.25, -0.2) is 0 Å². The minimum atomic E-state index is 0.181. The number of carbonyl (C=O) groups is 1. The number of aryl methyl sites for hydroxylation is 1. The van der Waals surface area contributed by atoms with E-state index in [-0.39, 0.29) is 5.91 Å². The first-order chi connectivity index (χ1) is 9.54. The minimum Gasteiger partial charge on any atom is -0.496 e. The van der Waals surface area contributed by atoms with Crippen molar-refractivity contribution >= 4 is 5.91 Å². The zero-order valence-electron chi connectivity index (χ0n) is 12.8. The van der Waals surface area contributed by atoms with E-state index in [0.717, 1.165) is 28.0 Å². The summed E-state index contributed by atoms with van der Waals surface area (Å²) >= 11 is 0. The monoisotopic (exact) mass is 277 g/mol. The Morgan fingerprint density at radius 2 is 1.90 bits per heavy atom. The average molecular weight is 277 g/mol. The molecule has 0 aromatic heterocycles. The fourth-order valence-corrected chi connectivity index (χ4v) is 2.73. The van der Waals surface area contributed by atoms with Crippen LogP contribution in [0.25, 0.3) is 0 Å². The van der Waals surface area contributed by atoms with Crippen LogP contribution in [-0.2, 0) is 16.0 Å². The topological polar surface area (TPSA) is 38.8 Å². The van der Waals surface area contributed by atoms with Crippen molar-refractivity contribution in [2.75, 3.05) is 33.4 Å². The van der Waals surface area contributed by atoms with E-state index in [1.165, 1.54) is 0 Å². The molecular weight excluding hydrogens is 254 g/mol. The lowest BCUT2D eigenvalue weighted by Crippen LogP contribution is -2.41. The molecule has 1 aliphatic rings. The molecule has 1 aromatic rings. The fourth-order valence-electron chi connectivity index (χ4n) is 2.73. The molecule has 0 unspecified atom stereocenters. The number of nitrogens with zero attached hydrogens (tertiary/aromatic N) is 1. The standard InChI is InChI=1S/C16H23NO3/c1-11-9-14(12(2)13(3)16(11)19-4)10-15(18)17-5-7-20-8-6-17/h9H,5-8,10H2,1-4H3. The maximum absolute atomic E-state index is 12.3. The highest BCUT2D eigenvalue weighted by molar-refractivity contribution is 5.79. The van der Waals surface area contributed by atoms with Gasteiger partial charge in [0.15, 0.2) is 0 Å². The van der Waals surface area contributed by atoms with Gasteiger partial charge in [-0.2, -0.15) is 0 Å². The van der Waals surface area contributed by atoms with Crippen LogP contribution in [0.2, 0.25) is 0 Å². The van der Waals surface area contributed by atoms with Crippen molar-refractivity contribution in [3.63, 3.8) is 0 Å². The predicted octanol–water partition coefficient (Wildman–Crippen LogP) is 2.02. The number of benzene rings is 1. The fraction of sp³-hybridized carbons (Fsp3) is 0.562. The van der Waals surface area contributed by atoms with Crippen molar-refractivity contribution in [3.8, 4) is 5.75 Å². The molecule has 0 spiro atoms. The summed E-state index contributed by atoms with van der Waals surface area (Å²) in [6, 6.07) is 2.07. The molecule has 0 aliphatic carbocycles. The van der Waals surface area contributed by atoms with Gasteiger partial charge in [0.2, 0.25) is 5.91 Å². The molecule has 1 aromatic carbocycles. The first kappa shape index (κ1) is 14.9. The molecule has 0 N–H and O–H groups in total. The summed E-state index contributed by atoms with van der Waals surface area (Å²) < 4.78 is 10.7. The van der Waals surface area contributed by atoms with Gasteiger partial charge in [-0.15, -0.1) is 0 Å². The summed E-state index contributed by atoms with van der Waals surface area (Å²) in [4.78, 5) is 14.2. The van der Waals surface area contributed by atoms with Gasteiger partial charge in [-0.3, -0.25) is 4.79 Å². The van der Waals surface area contributed by atoms with Crippen LogP contribution in [0.4, 0.5) is 0 Å². The number of methoxy groups -OCH3 is 1. The van der Waals surface area contributed by atoms with E-state index in [1.54, 1.807) is 7.11 Å². The van der Waals surface area contributed by atoms with Gasteiger partial charge >= 0.3 is 0 Å². The zero-order valence-corrected chi connectivity index (χ0v) is 12.8. The Hall–Kier alpha value is -1.55. The molecule has 0 atom stereocenters. The Morgan fingerprint density at radius 1 is 1.25 bits per heavy atom. The SMILES string of the molecule is COc1c(C)cc(CC(=O)N2CCOCC2)c(C)c1C. The van der Waals surface area contributed by atoms with Gasteiger partial charge in [0.1, 0.15) is 5.75 Å². The van der Waals surface area contributed by atoms with E-state index in [1.807, 2.05) is 18.7 Å². The third-order valence-electron chi connectivity index (χ3n) is 4.04. The summed E-state index contributed by atoms with van der Waals surface area (Å²) in [7, 11) is 1.69. The van der Waals surface area contributed by atoms with E-state index in [9.17, 15) is 4.79 Å². The smallest absolute Gasteiger partial charge is 0.227 e. The summed E-state index contributed by atoms with van der Waals surface area (Å²) in [5, 5.41) is 0. The van der Waals surface area contributed by atoms with Crippen LogP contribution in [0.3, 0.4) is 0 Å². The third kappa shape index (κ3) is 2.96. The van der Waals surface area contributed by atoms with Gasteiger partial charge < -0.3 is 14.4 Å². The molecule has 1 saturated heterocycles. The molecule has 1 aliphatic heterocycles. The van der Waals surface area contributed by atoms with Crippen LogP contribution < -0.4 is 4.74 Å². The van der Waals surface area contributed by atoms with Gasteiger partial charge in [-0.1, -0.05) is 6.07 Å². The van der Waals surface area contributed by atoms with Crippen molar-refractivity contribution in [2.24, 2.45) is 0 Å². The molecule has 2 rings (SSSR count). The van der Waals surface area contributed by atoms with Crippen LogP contribution in [0, 0.1) is 20.8 Å². The molecule has 0 bridgehead atoms. The molecule has 1 fully saturated rings.